The number of nitrogens with one attached hydrogen (secondary N) is 1. The van der Waals surface area contributed by atoms with Crippen molar-refractivity contribution in [1.29, 1.82) is 0 Å². The molecule has 2 aliphatic rings. The number of nitrogen functional groups attached to an aromatic ring is 2. The van der Waals surface area contributed by atoms with Gasteiger partial charge in [0.2, 0.25) is 5.95 Å². The van der Waals surface area contributed by atoms with E-state index in [9.17, 15) is 48.7 Å². The van der Waals surface area contributed by atoms with Crippen molar-refractivity contribution < 1.29 is 62.2 Å². The summed E-state index contributed by atoms with van der Waals surface area (Å²) < 4.78 is 52.2. The lowest BCUT2D eigenvalue weighted by molar-refractivity contribution is -0.0633. The summed E-state index contributed by atoms with van der Waals surface area (Å²) >= 11 is 0. The van der Waals surface area contributed by atoms with E-state index in [1.165, 1.54) is 6.07 Å². The van der Waals surface area contributed by atoms with Gasteiger partial charge in [0.1, 0.15) is 42.4 Å². The minimum atomic E-state index is -5.31. The topological polar surface area (TPSA) is 352 Å². The third-order valence-corrected chi connectivity index (χ3v) is 8.07. The van der Waals surface area contributed by atoms with Gasteiger partial charge in [0.15, 0.2) is 23.6 Å². The molecule has 2 saturated heterocycles. The second-order valence-electron chi connectivity index (χ2n) is 9.51. The molecule has 1 unspecified atom stereocenters. The van der Waals surface area contributed by atoms with Gasteiger partial charge in [-0.3, -0.25) is 32.5 Å². The molecule has 0 radical (unpaired) electrons. The summed E-state index contributed by atoms with van der Waals surface area (Å²) in [5.41, 5.74) is 8.92. The fourth-order valence-corrected chi connectivity index (χ4v) is 6.19. The maximum atomic E-state index is 13.0. The van der Waals surface area contributed by atoms with Gasteiger partial charge in [-0.05, 0) is 6.07 Å². The number of H-pyrrole nitrogens is 1. The first-order valence-corrected chi connectivity index (χ1v) is 15.4. The van der Waals surface area contributed by atoms with Crippen molar-refractivity contribution in [3.8, 4) is 0 Å². The number of aliphatic hydroxyl groups is 3. The van der Waals surface area contributed by atoms with E-state index in [0.29, 0.717) is 0 Å². The van der Waals surface area contributed by atoms with Gasteiger partial charge >= 0.3 is 21.3 Å². The molecule has 5 heterocycles. The van der Waals surface area contributed by atoms with Crippen LogP contribution < -0.4 is 22.7 Å². The van der Waals surface area contributed by atoms with Crippen LogP contribution in [0, 0.1) is 0 Å². The monoisotopic (exact) mass is 668 g/mol. The molecule has 0 saturated carbocycles. The number of rotatable bonds is 10. The van der Waals surface area contributed by atoms with Crippen LogP contribution in [0.15, 0.2) is 28.2 Å². The molecular formula is C19H26N8O15P2. The molecule has 5 rings (SSSR count). The molecule has 0 aromatic carbocycles. The molecule has 0 aliphatic carbocycles. The van der Waals surface area contributed by atoms with E-state index in [0.717, 1.165) is 21.7 Å². The smallest absolute Gasteiger partial charge is 0.394 e. The van der Waals surface area contributed by atoms with Gasteiger partial charge in [-0.25, -0.2) is 18.9 Å². The van der Waals surface area contributed by atoms with Crippen LogP contribution >= 0.6 is 15.6 Å². The predicted octanol–water partition coefficient (Wildman–Crippen LogP) is -3.97. The van der Waals surface area contributed by atoms with Crippen LogP contribution in [0.5, 0.6) is 0 Å². The number of aromatic nitrogens is 6. The second kappa shape index (κ2) is 12.0. The first-order valence-electron chi connectivity index (χ1n) is 12.3. The van der Waals surface area contributed by atoms with Crippen LogP contribution in [0.3, 0.4) is 0 Å². The molecule has 2 fully saturated rings. The summed E-state index contributed by atoms with van der Waals surface area (Å²) in [6, 6.07) is 1.19. The number of anilines is 2. The highest BCUT2D eigenvalue weighted by Gasteiger charge is 2.52. The Bertz CT molecular complexity index is 1740. The number of aliphatic hydroxyl groups excluding tert-OH is 3. The highest BCUT2D eigenvalue weighted by molar-refractivity contribution is 7.47. The molecule has 25 heteroatoms. The predicted molar refractivity (Wildman–Crippen MR) is 140 cm³/mol. The molecule has 11 N–H and O–H groups in total. The third kappa shape index (κ3) is 6.46. The Labute approximate surface area is 243 Å². The van der Waals surface area contributed by atoms with Crippen molar-refractivity contribution >= 4 is 38.6 Å². The summed E-state index contributed by atoms with van der Waals surface area (Å²) in [6.45, 7) is -1.80. The van der Waals surface area contributed by atoms with Gasteiger partial charge in [0, 0.05) is 6.20 Å². The lowest BCUT2D eigenvalue weighted by Gasteiger charge is -2.25. The van der Waals surface area contributed by atoms with Crippen LogP contribution in [0.4, 0.5) is 11.8 Å². The van der Waals surface area contributed by atoms with E-state index >= 15 is 0 Å². The van der Waals surface area contributed by atoms with Crippen LogP contribution in [-0.2, 0) is 32.2 Å². The van der Waals surface area contributed by atoms with E-state index in [1.807, 2.05) is 0 Å². The standard InChI is InChI=1S/C19H26N8O15P2/c20-8-1-2-26(19(32)23-8)17-13(10(29)6(3-28)39-17)42-44(36,37)38-4-7-12(41-43(33,34)35)11(30)16(40-7)27-5-22-9-14(27)24-18(21)25-15(9)31/h1-2,5-7,10-13,16-17,28-30H,3-4H2,(H,36,37)(H2,20,23,32)(H2,33,34,35)(H3,21,24,25,31)/t6-,7-,10-,11-,12-,13-,16-,17-/m1/s1. The van der Waals surface area contributed by atoms with Gasteiger partial charge in [0.05, 0.1) is 19.5 Å². The van der Waals surface area contributed by atoms with Crippen LogP contribution in [0.25, 0.3) is 11.2 Å². The van der Waals surface area contributed by atoms with Crippen molar-refractivity contribution in [2.24, 2.45) is 0 Å². The summed E-state index contributed by atoms with van der Waals surface area (Å²) in [4.78, 5) is 67.3. The van der Waals surface area contributed by atoms with E-state index in [2.05, 4.69) is 24.5 Å². The summed E-state index contributed by atoms with van der Waals surface area (Å²) in [6.07, 6.45) is -11.5. The molecule has 23 nitrogen and oxygen atoms in total. The third-order valence-electron chi connectivity index (χ3n) is 6.57. The quantitative estimate of drug-likeness (QED) is 0.0930. The Morgan fingerprint density at radius 3 is 2.34 bits per heavy atom. The Morgan fingerprint density at radius 2 is 1.68 bits per heavy atom. The van der Waals surface area contributed by atoms with Gasteiger partial charge < -0.3 is 50.9 Å². The maximum Gasteiger partial charge on any atom is 0.472 e. The van der Waals surface area contributed by atoms with Gasteiger partial charge in [0.25, 0.3) is 5.56 Å². The number of imidazole rings is 1. The molecule has 3 aromatic rings. The Hall–Kier alpha value is -3.15. The van der Waals surface area contributed by atoms with Crippen molar-refractivity contribution in [3.63, 3.8) is 0 Å². The van der Waals surface area contributed by atoms with E-state index in [1.54, 1.807) is 0 Å². The number of nitrogens with zero attached hydrogens (tertiary/aromatic N) is 5. The van der Waals surface area contributed by atoms with Gasteiger partial charge in [-0.15, -0.1) is 0 Å². The number of aromatic amines is 1. The molecule has 0 spiro atoms. The number of phosphoric acid groups is 2. The van der Waals surface area contributed by atoms with Crippen LogP contribution in [-0.4, -0.2) is 109 Å². The highest BCUT2D eigenvalue weighted by Crippen LogP contribution is 2.50. The van der Waals surface area contributed by atoms with Gasteiger partial charge in [-0.2, -0.15) is 9.97 Å². The number of hydrogen-bond donors (Lipinski definition) is 9. The fraction of sp³-hybridized carbons (Fsp3) is 0.526. The summed E-state index contributed by atoms with van der Waals surface area (Å²) in [7, 11) is -10.6. The largest absolute Gasteiger partial charge is 0.472 e. The Morgan fingerprint density at radius 1 is 0.977 bits per heavy atom. The van der Waals surface area contributed by atoms with Crippen molar-refractivity contribution in [3.05, 3.63) is 39.4 Å². The SMILES string of the molecule is Nc1ccn([C@@H]2O[C@H](CO)[C@@H](O)[C@H]2OP(=O)(O)OC[C@H]2O[C@@H](n3cnc4c(=O)[nH]c(N)nc43)[C@H](O)[C@@H]2OP(=O)(O)O)c(=O)n1. The second-order valence-corrected chi connectivity index (χ2v) is 12.1. The molecular weight excluding hydrogens is 642 g/mol. The average Bonchev–Trinajstić information content (AvgIpc) is 3.56. The molecule has 0 bridgehead atoms. The average molecular weight is 668 g/mol. The maximum absolute atomic E-state index is 13.0. The normalized spacial score (nSPS) is 30.6. The minimum Gasteiger partial charge on any atom is -0.394 e. The van der Waals surface area contributed by atoms with E-state index in [-0.39, 0.29) is 22.9 Å². The molecule has 44 heavy (non-hydrogen) atoms. The van der Waals surface area contributed by atoms with E-state index < -0.39 is 89.2 Å². The number of hydrogen-bond acceptors (Lipinski definition) is 17. The lowest BCUT2D eigenvalue weighted by Crippen LogP contribution is -2.38. The number of ether oxygens (including phenoxy) is 2. The summed E-state index contributed by atoms with van der Waals surface area (Å²) in [5, 5.41) is 31.0. The molecule has 2 aliphatic heterocycles. The first-order chi connectivity index (χ1) is 20.6. The Kier molecular flexibility index (Phi) is 8.78. The molecule has 242 valence electrons. The first kappa shape index (κ1) is 32.2. The van der Waals surface area contributed by atoms with Crippen LogP contribution in [0.2, 0.25) is 0 Å². The number of nitrogens with two attached hydrogens (primary N) is 2. The number of fused-ring (bicyclic) bond motifs is 1. The zero-order chi connectivity index (χ0) is 32.1. The zero-order valence-electron chi connectivity index (χ0n) is 21.9. The highest BCUT2D eigenvalue weighted by atomic mass is 31.2. The summed E-state index contributed by atoms with van der Waals surface area (Å²) in [5.74, 6) is -0.481. The molecule has 9 atom stereocenters. The van der Waals surface area contributed by atoms with Crippen molar-refractivity contribution in [1.82, 2.24) is 29.1 Å². The van der Waals surface area contributed by atoms with Gasteiger partial charge in [-0.1, -0.05) is 0 Å². The Balaban J connectivity index is 1.37. The van der Waals surface area contributed by atoms with Crippen molar-refractivity contribution in [2.45, 2.75) is 49.1 Å². The van der Waals surface area contributed by atoms with Crippen LogP contribution in [0.1, 0.15) is 12.5 Å². The lowest BCUT2D eigenvalue weighted by atomic mass is 10.1. The zero-order valence-corrected chi connectivity index (χ0v) is 23.7. The van der Waals surface area contributed by atoms with Crippen molar-refractivity contribution in [2.75, 3.05) is 24.7 Å². The number of phosphoric ester groups is 2. The minimum absolute atomic E-state index is 0.156. The molecule has 3 aromatic heterocycles. The van der Waals surface area contributed by atoms with E-state index in [4.69, 9.17) is 30.0 Å². The fourth-order valence-electron chi connectivity index (χ4n) is 4.68. The molecule has 0 amide bonds.